The van der Waals surface area contributed by atoms with Gasteiger partial charge in [0.15, 0.2) is 5.96 Å². The Kier molecular flexibility index (Phi) is 18.3. The maximum absolute atomic E-state index is 9.90. The summed E-state index contributed by atoms with van der Waals surface area (Å²) in [6.07, 6.45) is 4.33. The number of aliphatic hydroxyl groups excluding tert-OH is 1. The standard InChI is InChI=1S/C17H37N3O2.HI/c1-6-8-9-10-15(5)20-17(18-7-2)19-11-16(21)13-22-12-14(3)4;/h14-16,21H,6-13H2,1-5H3,(H2,18,19,20);1H. The predicted octanol–water partition coefficient (Wildman–Crippen LogP) is 3.16. The zero-order chi connectivity index (χ0) is 16.8. The van der Waals surface area contributed by atoms with Crippen LogP contribution in [0.5, 0.6) is 0 Å². The van der Waals surface area contributed by atoms with Crippen LogP contribution in [0.15, 0.2) is 4.99 Å². The van der Waals surface area contributed by atoms with Crippen molar-refractivity contribution in [1.29, 1.82) is 0 Å². The molecule has 0 aromatic carbocycles. The molecule has 3 N–H and O–H groups in total. The van der Waals surface area contributed by atoms with Crippen molar-refractivity contribution in [3.63, 3.8) is 0 Å². The molecule has 0 saturated carbocycles. The van der Waals surface area contributed by atoms with Crippen molar-refractivity contribution in [3.05, 3.63) is 0 Å². The number of aliphatic hydroxyl groups is 1. The molecule has 2 unspecified atom stereocenters. The molecule has 0 radical (unpaired) electrons. The number of rotatable bonds is 12. The number of ether oxygens (including phenoxy) is 1. The minimum atomic E-state index is -0.551. The van der Waals surface area contributed by atoms with Gasteiger partial charge in [0.05, 0.1) is 19.3 Å². The fraction of sp³-hybridized carbons (Fsp3) is 0.941. The van der Waals surface area contributed by atoms with Crippen LogP contribution in [0, 0.1) is 5.92 Å². The molecule has 0 aliphatic heterocycles. The predicted molar refractivity (Wildman–Crippen MR) is 110 cm³/mol. The normalized spacial score (nSPS) is 14.3. The number of nitrogens with zero attached hydrogens (tertiary/aromatic N) is 1. The van der Waals surface area contributed by atoms with Crippen LogP contribution in [0.4, 0.5) is 0 Å². The van der Waals surface area contributed by atoms with Crippen LogP contribution in [0.2, 0.25) is 0 Å². The van der Waals surface area contributed by atoms with Gasteiger partial charge in [-0.1, -0.05) is 40.0 Å². The number of guanidine groups is 1. The Morgan fingerprint density at radius 1 is 1.13 bits per heavy atom. The van der Waals surface area contributed by atoms with Crippen LogP contribution < -0.4 is 10.6 Å². The van der Waals surface area contributed by atoms with E-state index in [4.69, 9.17) is 4.74 Å². The Labute approximate surface area is 160 Å². The van der Waals surface area contributed by atoms with Gasteiger partial charge in [0, 0.05) is 19.2 Å². The zero-order valence-electron chi connectivity index (χ0n) is 15.6. The van der Waals surface area contributed by atoms with Crippen molar-refractivity contribution in [3.8, 4) is 0 Å². The van der Waals surface area contributed by atoms with E-state index in [0.717, 1.165) is 18.9 Å². The summed E-state index contributed by atoms with van der Waals surface area (Å²) in [6, 6.07) is 0.388. The lowest BCUT2D eigenvalue weighted by atomic mass is 10.1. The van der Waals surface area contributed by atoms with Crippen LogP contribution in [0.1, 0.15) is 60.3 Å². The lowest BCUT2D eigenvalue weighted by Crippen LogP contribution is -2.42. The first-order chi connectivity index (χ1) is 10.5. The molecule has 0 amide bonds. The molecule has 0 spiro atoms. The summed E-state index contributed by atoms with van der Waals surface area (Å²) in [5.74, 6) is 1.26. The molecular formula is C17H38IN3O2. The molecule has 2 atom stereocenters. The second kappa shape index (κ2) is 16.8. The molecule has 0 aliphatic carbocycles. The van der Waals surface area contributed by atoms with Crippen molar-refractivity contribution < 1.29 is 9.84 Å². The highest BCUT2D eigenvalue weighted by Gasteiger charge is 2.08. The molecule has 0 fully saturated rings. The van der Waals surface area contributed by atoms with Crippen LogP contribution >= 0.6 is 24.0 Å². The first-order valence-corrected chi connectivity index (χ1v) is 8.80. The summed E-state index contributed by atoms with van der Waals surface area (Å²) in [4.78, 5) is 4.44. The Hall–Kier alpha value is -0.0800. The molecule has 0 rings (SSSR count). The Balaban J connectivity index is 0. The highest BCUT2D eigenvalue weighted by atomic mass is 127. The smallest absolute Gasteiger partial charge is 0.191 e. The van der Waals surface area contributed by atoms with Gasteiger partial charge in [-0.3, -0.25) is 4.99 Å². The molecule has 0 saturated heterocycles. The third-order valence-corrected chi connectivity index (χ3v) is 3.19. The lowest BCUT2D eigenvalue weighted by molar-refractivity contribution is 0.0301. The van der Waals surface area contributed by atoms with E-state index in [0.29, 0.717) is 31.7 Å². The molecule has 0 aromatic heterocycles. The highest BCUT2D eigenvalue weighted by molar-refractivity contribution is 14.0. The number of nitrogens with one attached hydrogen (secondary N) is 2. The maximum atomic E-state index is 9.90. The molecule has 23 heavy (non-hydrogen) atoms. The minimum Gasteiger partial charge on any atom is -0.389 e. The van der Waals surface area contributed by atoms with Crippen LogP contribution in [0.25, 0.3) is 0 Å². The first-order valence-electron chi connectivity index (χ1n) is 8.80. The van der Waals surface area contributed by atoms with Crippen molar-refractivity contribution in [2.75, 3.05) is 26.3 Å². The van der Waals surface area contributed by atoms with Gasteiger partial charge in [-0.05, 0) is 26.2 Å². The topological polar surface area (TPSA) is 65.9 Å². The summed E-state index contributed by atoms with van der Waals surface area (Å²) in [7, 11) is 0. The molecule has 6 heteroatoms. The molecular weight excluding hydrogens is 405 g/mol. The van der Waals surface area contributed by atoms with Gasteiger partial charge in [-0.15, -0.1) is 24.0 Å². The van der Waals surface area contributed by atoms with Crippen LogP contribution in [-0.2, 0) is 4.74 Å². The average Bonchev–Trinajstić information content (AvgIpc) is 2.45. The average molecular weight is 443 g/mol. The summed E-state index contributed by atoms with van der Waals surface area (Å²) < 4.78 is 5.44. The Bertz CT molecular complexity index is 289. The van der Waals surface area contributed by atoms with Gasteiger partial charge in [0.1, 0.15) is 0 Å². The summed E-state index contributed by atoms with van der Waals surface area (Å²) in [5.41, 5.74) is 0. The van der Waals surface area contributed by atoms with Gasteiger partial charge in [-0.2, -0.15) is 0 Å². The first kappa shape index (κ1) is 25.2. The molecule has 0 aromatic rings. The third-order valence-electron chi connectivity index (χ3n) is 3.19. The number of halogens is 1. The Morgan fingerprint density at radius 2 is 1.83 bits per heavy atom. The molecule has 0 bridgehead atoms. The monoisotopic (exact) mass is 443 g/mol. The van der Waals surface area contributed by atoms with Crippen molar-refractivity contribution in [1.82, 2.24) is 10.6 Å². The van der Waals surface area contributed by atoms with E-state index in [2.05, 4.69) is 43.3 Å². The van der Waals surface area contributed by atoms with Crippen molar-refractivity contribution in [2.45, 2.75) is 72.4 Å². The fourth-order valence-electron chi connectivity index (χ4n) is 2.02. The van der Waals surface area contributed by atoms with E-state index in [1.807, 2.05) is 6.92 Å². The highest BCUT2D eigenvalue weighted by Crippen LogP contribution is 2.02. The second-order valence-corrected chi connectivity index (χ2v) is 6.35. The van der Waals surface area contributed by atoms with E-state index in [1.54, 1.807) is 0 Å². The Morgan fingerprint density at radius 3 is 2.39 bits per heavy atom. The number of hydrogen-bond donors (Lipinski definition) is 3. The molecule has 5 nitrogen and oxygen atoms in total. The third kappa shape index (κ3) is 16.6. The number of aliphatic imine (C=N–C) groups is 1. The largest absolute Gasteiger partial charge is 0.389 e. The summed E-state index contributed by atoms with van der Waals surface area (Å²) in [6.45, 7) is 12.8. The van der Waals surface area contributed by atoms with Crippen LogP contribution in [0.3, 0.4) is 0 Å². The lowest BCUT2D eigenvalue weighted by Gasteiger charge is -2.18. The van der Waals surface area contributed by atoms with Gasteiger partial charge in [0.25, 0.3) is 0 Å². The number of unbranched alkanes of at least 4 members (excludes halogenated alkanes) is 2. The fourth-order valence-corrected chi connectivity index (χ4v) is 2.02. The SMILES string of the molecule is CCCCCC(C)NC(=NCC(O)COCC(C)C)NCC.I. The van der Waals surface area contributed by atoms with E-state index in [1.165, 1.54) is 19.3 Å². The van der Waals surface area contributed by atoms with Gasteiger partial charge < -0.3 is 20.5 Å². The minimum absolute atomic E-state index is 0. The van der Waals surface area contributed by atoms with E-state index in [9.17, 15) is 5.11 Å². The van der Waals surface area contributed by atoms with Crippen LogP contribution in [-0.4, -0.2) is 49.5 Å². The van der Waals surface area contributed by atoms with Gasteiger partial charge in [-0.25, -0.2) is 0 Å². The zero-order valence-corrected chi connectivity index (χ0v) is 17.9. The van der Waals surface area contributed by atoms with E-state index < -0.39 is 6.10 Å². The maximum Gasteiger partial charge on any atom is 0.191 e. The summed E-state index contributed by atoms with van der Waals surface area (Å²) in [5, 5.41) is 16.5. The molecule has 140 valence electrons. The molecule has 0 heterocycles. The molecule has 0 aliphatic rings. The summed E-state index contributed by atoms with van der Waals surface area (Å²) >= 11 is 0. The second-order valence-electron chi connectivity index (χ2n) is 6.35. The van der Waals surface area contributed by atoms with Gasteiger partial charge in [0.2, 0.25) is 0 Å². The quantitative estimate of drug-likeness (QED) is 0.188. The van der Waals surface area contributed by atoms with Gasteiger partial charge >= 0.3 is 0 Å². The van der Waals surface area contributed by atoms with Crippen molar-refractivity contribution >= 4 is 29.9 Å². The van der Waals surface area contributed by atoms with Crippen molar-refractivity contribution in [2.24, 2.45) is 10.9 Å². The van der Waals surface area contributed by atoms with E-state index >= 15 is 0 Å². The van der Waals surface area contributed by atoms with E-state index in [-0.39, 0.29) is 24.0 Å². The number of hydrogen-bond acceptors (Lipinski definition) is 3.